The van der Waals surface area contributed by atoms with Crippen LogP contribution in [0.25, 0.3) is 0 Å². The third kappa shape index (κ3) is 16.3. The Bertz CT molecular complexity index is 2910. The molecule has 9 atom stereocenters. The van der Waals surface area contributed by atoms with E-state index >= 15 is 14.4 Å². The predicted molar refractivity (Wildman–Crippen MR) is 299 cm³/mol. The first kappa shape index (κ1) is 55.7. The van der Waals surface area contributed by atoms with Gasteiger partial charge in [0.15, 0.2) is 12.6 Å². The maximum Gasteiger partial charge on any atom is 0.187 e. The Kier molecular flexibility index (Phi) is 20.8. The van der Waals surface area contributed by atoms with Crippen LogP contribution in [0.4, 0.5) is 0 Å². The number of ether oxygens (including phenoxy) is 6. The van der Waals surface area contributed by atoms with Gasteiger partial charge in [0.05, 0.1) is 50.5 Å². The highest BCUT2D eigenvalue weighted by molar-refractivity contribution is 5.97. The number of ketones is 4. The van der Waals surface area contributed by atoms with Gasteiger partial charge in [0.1, 0.15) is 35.3 Å². The molecule has 78 heavy (non-hydrogen) atoms. The number of carbonyl (C=O) groups is 4. The average Bonchev–Trinajstić information content (AvgIpc) is 3.48. The summed E-state index contributed by atoms with van der Waals surface area (Å²) in [5.74, 6) is -4.91. The Morgan fingerprint density at radius 1 is 0.372 bits per heavy atom. The topological polar surface area (TPSA) is 124 Å². The minimum atomic E-state index is -1.46. The molecule has 0 N–H and O–H groups in total. The quantitative estimate of drug-likeness (QED) is 0.0438. The Morgan fingerprint density at radius 2 is 0.731 bits per heavy atom. The Balaban J connectivity index is 1.09. The Morgan fingerprint density at radius 3 is 1.18 bits per heavy atom. The highest BCUT2D eigenvalue weighted by atomic mass is 16.8. The molecule has 0 radical (unpaired) electrons. The molecular weight excluding hydrogens is 977 g/mol. The van der Waals surface area contributed by atoms with Gasteiger partial charge in [-0.1, -0.05) is 212 Å². The minimum Gasteiger partial charge on any atom is -0.378 e. The second-order valence-electron chi connectivity index (χ2n) is 20.4. The molecule has 10 heteroatoms. The lowest BCUT2D eigenvalue weighted by molar-refractivity contribution is -0.349. The van der Waals surface area contributed by atoms with Gasteiger partial charge in [-0.15, -0.1) is 0 Å². The van der Waals surface area contributed by atoms with Crippen molar-refractivity contribution in [3.8, 4) is 0 Å². The molecule has 402 valence electrons. The van der Waals surface area contributed by atoms with Crippen LogP contribution >= 0.6 is 0 Å². The lowest BCUT2D eigenvalue weighted by atomic mass is 9.67. The molecule has 7 aromatic rings. The Labute approximate surface area is 459 Å². The lowest BCUT2D eigenvalue weighted by Gasteiger charge is -2.48. The second kappa shape index (κ2) is 29.1. The van der Waals surface area contributed by atoms with Crippen LogP contribution in [-0.4, -0.2) is 86.6 Å². The van der Waals surface area contributed by atoms with E-state index in [2.05, 4.69) is 24.3 Å². The lowest BCUT2D eigenvalue weighted by Crippen LogP contribution is -2.60. The van der Waals surface area contributed by atoms with E-state index in [1.807, 2.05) is 188 Å². The summed E-state index contributed by atoms with van der Waals surface area (Å²) in [6.45, 7) is 1.30. The largest absolute Gasteiger partial charge is 0.378 e. The van der Waals surface area contributed by atoms with E-state index in [-0.39, 0.29) is 61.8 Å². The fourth-order valence-corrected chi connectivity index (χ4v) is 10.8. The third-order valence-electron chi connectivity index (χ3n) is 14.8. The maximum absolute atomic E-state index is 15.6. The molecule has 0 aromatic heterocycles. The molecule has 2 aliphatic heterocycles. The van der Waals surface area contributed by atoms with E-state index in [0.29, 0.717) is 45.5 Å². The van der Waals surface area contributed by atoms with Gasteiger partial charge in [0, 0.05) is 44.4 Å². The summed E-state index contributed by atoms with van der Waals surface area (Å²) in [6.07, 6.45) is -3.70. The first-order chi connectivity index (χ1) is 38.3. The van der Waals surface area contributed by atoms with Gasteiger partial charge in [-0.25, -0.2) is 0 Å². The molecule has 2 fully saturated rings. The van der Waals surface area contributed by atoms with Crippen molar-refractivity contribution < 1.29 is 47.6 Å². The molecular formula is C68H70O10. The number of carbonyl (C=O) groups excluding carboxylic acids is 4. The maximum atomic E-state index is 15.6. The Hall–Kier alpha value is -7.02. The molecule has 9 rings (SSSR count). The van der Waals surface area contributed by atoms with E-state index in [1.165, 1.54) is 0 Å². The van der Waals surface area contributed by atoms with Crippen molar-refractivity contribution in [2.75, 3.05) is 26.4 Å². The molecule has 0 spiro atoms. The summed E-state index contributed by atoms with van der Waals surface area (Å²) >= 11 is 0. The zero-order valence-corrected chi connectivity index (χ0v) is 44.2. The number of benzene rings is 7. The van der Waals surface area contributed by atoms with Crippen molar-refractivity contribution >= 4 is 23.1 Å². The van der Waals surface area contributed by atoms with Crippen molar-refractivity contribution in [3.63, 3.8) is 0 Å². The van der Waals surface area contributed by atoms with Crippen LogP contribution in [0.5, 0.6) is 0 Å². The van der Waals surface area contributed by atoms with Crippen LogP contribution in [0, 0.1) is 17.8 Å². The molecule has 2 aliphatic rings. The monoisotopic (exact) mass is 1050 g/mol. The summed E-state index contributed by atoms with van der Waals surface area (Å²) in [5.41, 5.74) is 6.35. The van der Waals surface area contributed by atoms with Gasteiger partial charge in [-0.3, -0.25) is 19.2 Å². The molecule has 0 aliphatic carbocycles. The van der Waals surface area contributed by atoms with E-state index in [9.17, 15) is 4.79 Å². The minimum absolute atomic E-state index is 0.0425. The zero-order valence-electron chi connectivity index (χ0n) is 44.2. The second-order valence-corrected chi connectivity index (χ2v) is 20.4. The molecule has 0 bridgehead atoms. The van der Waals surface area contributed by atoms with E-state index in [0.717, 1.165) is 38.9 Å². The summed E-state index contributed by atoms with van der Waals surface area (Å²) in [5, 5.41) is 0. The van der Waals surface area contributed by atoms with Crippen molar-refractivity contribution in [1.82, 2.24) is 0 Å². The van der Waals surface area contributed by atoms with Crippen molar-refractivity contribution in [2.45, 2.75) is 94.8 Å². The highest BCUT2D eigenvalue weighted by Crippen LogP contribution is 2.43. The zero-order chi connectivity index (χ0) is 53.7. The summed E-state index contributed by atoms with van der Waals surface area (Å²) < 4.78 is 41.3. The molecule has 7 aromatic carbocycles. The van der Waals surface area contributed by atoms with Crippen LogP contribution in [0.2, 0.25) is 0 Å². The third-order valence-corrected chi connectivity index (χ3v) is 14.8. The molecule has 0 saturated carbocycles. The highest BCUT2D eigenvalue weighted by Gasteiger charge is 2.56. The molecule has 10 nitrogen and oxygen atoms in total. The van der Waals surface area contributed by atoms with Crippen LogP contribution in [0.1, 0.15) is 51.8 Å². The van der Waals surface area contributed by atoms with Gasteiger partial charge in [-0.2, -0.15) is 0 Å². The van der Waals surface area contributed by atoms with E-state index in [1.54, 1.807) is 0 Å². The van der Waals surface area contributed by atoms with Gasteiger partial charge in [-0.05, 0) is 58.2 Å². The number of rotatable bonds is 28. The smallest absolute Gasteiger partial charge is 0.187 e. The van der Waals surface area contributed by atoms with Crippen LogP contribution in [0.15, 0.2) is 212 Å². The first-order valence-corrected chi connectivity index (χ1v) is 27.5. The fourth-order valence-electron chi connectivity index (χ4n) is 10.8. The van der Waals surface area contributed by atoms with Crippen LogP contribution in [-0.2, 0) is 92.5 Å². The SMILES string of the molecule is O=C(Cc1ccccc1)CC1O[C@H](O[C@H]2OC(COCCc3ccccc3)[C@@H](OCCc3ccccc3)CC2OCCc2ccccc2)C(C(=O)Cc2ccccc2)C(C(=O)Cc2ccccc2)[C@@H]1C(=O)Cc1ccccc1. The number of hydrogen-bond acceptors (Lipinski definition) is 10. The summed E-state index contributed by atoms with van der Waals surface area (Å²) in [7, 11) is 0. The molecule has 2 heterocycles. The van der Waals surface area contributed by atoms with E-state index < -0.39 is 54.7 Å². The number of Topliss-reactive ketones (excluding diaryl/α,β-unsaturated/α-hetero) is 4. The number of hydrogen-bond donors (Lipinski definition) is 0. The van der Waals surface area contributed by atoms with Gasteiger partial charge >= 0.3 is 0 Å². The van der Waals surface area contributed by atoms with E-state index in [4.69, 9.17) is 28.4 Å². The van der Waals surface area contributed by atoms with Gasteiger partial charge < -0.3 is 28.4 Å². The standard InChI is InChI=1S/C68H70O10/c69-56(42-52-28-14-4-15-29-52)46-61-64(57(70)43-53-30-16-5-17-31-53)65(58(71)44-54-32-18-6-19-33-54)66(59(72)45-55-34-20-7-21-35-55)68(76-61)78-67-62(75-41-38-51-26-12-3-13-27-51)47-60(74-40-37-50-24-10-2-11-25-50)63(77-67)48-73-39-36-49-22-8-1-9-23-49/h1-35,60-68H,36-48H2/t60-,61?,62?,63?,64+,65?,66?,67+,68+/m0/s1. The van der Waals surface area contributed by atoms with Gasteiger partial charge in [0.2, 0.25) is 0 Å². The molecule has 0 amide bonds. The van der Waals surface area contributed by atoms with Crippen LogP contribution in [0.3, 0.4) is 0 Å². The average molecular weight is 1050 g/mol. The van der Waals surface area contributed by atoms with Gasteiger partial charge in [0.25, 0.3) is 0 Å². The normalized spacial score (nSPS) is 22.1. The van der Waals surface area contributed by atoms with Crippen molar-refractivity contribution in [1.29, 1.82) is 0 Å². The molecule has 5 unspecified atom stereocenters. The first-order valence-electron chi connectivity index (χ1n) is 27.5. The summed E-state index contributed by atoms with van der Waals surface area (Å²) in [6, 6.07) is 67.7. The summed E-state index contributed by atoms with van der Waals surface area (Å²) in [4.78, 5) is 60.8. The van der Waals surface area contributed by atoms with Crippen LogP contribution < -0.4 is 0 Å². The van der Waals surface area contributed by atoms with Crippen molar-refractivity contribution in [3.05, 3.63) is 251 Å². The molecule has 2 saturated heterocycles. The fraction of sp³-hybridized carbons (Fsp3) is 0.324. The predicted octanol–water partition coefficient (Wildman–Crippen LogP) is 10.8. The van der Waals surface area contributed by atoms with Crippen molar-refractivity contribution in [2.24, 2.45) is 17.8 Å².